The molecule has 0 radical (unpaired) electrons. The van der Waals surface area contributed by atoms with Gasteiger partial charge in [0.05, 0.1) is 23.2 Å². The molecule has 1 aromatic heterocycles. The predicted octanol–water partition coefficient (Wildman–Crippen LogP) is 2.65. The van der Waals surface area contributed by atoms with Gasteiger partial charge in [-0.25, -0.2) is 0 Å². The van der Waals surface area contributed by atoms with Crippen LogP contribution in [0.2, 0.25) is 0 Å². The zero-order valence-electron chi connectivity index (χ0n) is 13.8. The number of carbonyl (C=O) groups excluding carboxylic acids is 1. The molecular formula is C18H24N2O2S. The van der Waals surface area contributed by atoms with E-state index in [0.29, 0.717) is 30.5 Å². The van der Waals surface area contributed by atoms with E-state index in [2.05, 4.69) is 16.8 Å². The van der Waals surface area contributed by atoms with E-state index in [-0.39, 0.29) is 4.75 Å². The van der Waals surface area contributed by atoms with Gasteiger partial charge in [-0.15, -0.1) is 11.8 Å². The van der Waals surface area contributed by atoms with Crippen LogP contribution in [-0.4, -0.2) is 45.5 Å². The molecule has 1 amide bonds. The molecule has 3 heterocycles. The molecule has 1 aliphatic carbocycles. The van der Waals surface area contributed by atoms with Crippen LogP contribution in [0.25, 0.3) is 0 Å². The lowest BCUT2D eigenvalue weighted by molar-refractivity contribution is -0.138. The summed E-state index contributed by atoms with van der Waals surface area (Å²) < 4.78 is 6.32. The van der Waals surface area contributed by atoms with Crippen molar-refractivity contribution in [3.63, 3.8) is 0 Å². The molecule has 3 unspecified atom stereocenters. The van der Waals surface area contributed by atoms with Gasteiger partial charge in [-0.05, 0) is 37.8 Å². The maximum atomic E-state index is 12.2. The monoisotopic (exact) mass is 332 g/mol. The Balaban J connectivity index is 1.25. The average Bonchev–Trinajstić information content (AvgIpc) is 3.07. The van der Waals surface area contributed by atoms with Gasteiger partial charge in [0.2, 0.25) is 5.91 Å². The number of aryl methyl sites for hydroxylation is 1. The van der Waals surface area contributed by atoms with Gasteiger partial charge in [-0.3, -0.25) is 9.78 Å². The fourth-order valence-electron chi connectivity index (χ4n) is 3.72. The smallest absolute Gasteiger partial charge is 0.226 e. The Morgan fingerprint density at radius 1 is 1.48 bits per heavy atom. The Morgan fingerprint density at radius 3 is 2.96 bits per heavy atom. The lowest BCUT2D eigenvalue weighted by atomic mass is 9.92. The quantitative estimate of drug-likeness (QED) is 0.850. The number of thioether (sulfide) groups is 1. The van der Waals surface area contributed by atoms with Crippen molar-refractivity contribution in [2.75, 3.05) is 18.8 Å². The minimum absolute atomic E-state index is 0.262. The molecule has 3 atom stereocenters. The van der Waals surface area contributed by atoms with Crippen LogP contribution in [0.3, 0.4) is 0 Å². The molecule has 23 heavy (non-hydrogen) atoms. The molecule has 1 spiro atoms. The number of hydrogen-bond donors (Lipinski definition) is 0. The second-order valence-corrected chi connectivity index (χ2v) is 8.90. The van der Waals surface area contributed by atoms with Crippen molar-refractivity contribution in [1.82, 2.24) is 9.88 Å². The number of pyridine rings is 1. The highest BCUT2D eigenvalue weighted by atomic mass is 32.2. The topological polar surface area (TPSA) is 42.4 Å². The van der Waals surface area contributed by atoms with Gasteiger partial charge in [-0.1, -0.05) is 13.0 Å². The van der Waals surface area contributed by atoms with Crippen molar-refractivity contribution in [2.45, 2.75) is 44.1 Å². The molecular weight excluding hydrogens is 308 g/mol. The number of hydrogen-bond acceptors (Lipinski definition) is 4. The van der Waals surface area contributed by atoms with Crippen LogP contribution in [-0.2, 0) is 16.1 Å². The molecule has 2 aliphatic heterocycles. The zero-order valence-corrected chi connectivity index (χ0v) is 14.6. The minimum Gasteiger partial charge on any atom is -0.371 e. The SMILES string of the molecule is Cc1cccc(COC2CSC3(C2)CN(C(=O)C2CC2C)C3)n1. The predicted molar refractivity (Wildman–Crippen MR) is 91.2 cm³/mol. The second kappa shape index (κ2) is 5.78. The second-order valence-electron chi connectivity index (χ2n) is 7.42. The van der Waals surface area contributed by atoms with Crippen LogP contribution in [0.15, 0.2) is 18.2 Å². The van der Waals surface area contributed by atoms with Crippen molar-refractivity contribution in [2.24, 2.45) is 11.8 Å². The Morgan fingerprint density at radius 2 is 2.26 bits per heavy atom. The van der Waals surface area contributed by atoms with E-state index < -0.39 is 0 Å². The summed E-state index contributed by atoms with van der Waals surface area (Å²) in [6.07, 6.45) is 2.44. The van der Waals surface area contributed by atoms with Crippen LogP contribution >= 0.6 is 11.8 Å². The first kappa shape index (κ1) is 15.5. The van der Waals surface area contributed by atoms with Crippen LogP contribution in [0.1, 0.15) is 31.2 Å². The molecule has 0 bridgehead atoms. The van der Waals surface area contributed by atoms with Crippen LogP contribution in [0.4, 0.5) is 0 Å². The van der Waals surface area contributed by atoms with Crippen LogP contribution in [0.5, 0.6) is 0 Å². The first-order valence-electron chi connectivity index (χ1n) is 8.52. The summed E-state index contributed by atoms with van der Waals surface area (Å²) >= 11 is 1.99. The van der Waals surface area contributed by atoms with Crippen molar-refractivity contribution in [3.05, 3.63) is 29.6 Å². The lowest BCUT2D eigenvalue weighted by Gasteiger charge is -2.47. The Labute approximate surface area is 142 Å². The molecule has 1 saturated carbocycles. The average molecular weight is 332 g/mol. The molecule has 0 aromatic carbocycles. The van der Waals surface area contributed by atoms with Gasteiger partial charge in [-0.2, -0.15) is 0 Å². The van der Waals surface area contributed by atoms with Crippen molar-refractivity contribution in [3.8, 4) is 0 Å². The lowest BCUT2D eigenvalue weighted by Crippen LogP contribution is -2.61. The van der Waals surface area contributed by atoms with E-state index >= 15 is 0 Å². The number of amides is 1. The van der Waals surface area contributed by atoms with Crippen LogP contribution in [0, 0.1) is 18.8 Å². The third kappa shape index (κ3) is 3.13. The number of rotatable bonds is 4. The molecule has 124 valence electrons. The highest BCUT2D eigenvalue weighted by Gasteiger charge is 2.53. The van der Waals surface area contributed by atoms with E-state index in [1.807, 2.05) is 36.9 Å². The molecule has 2 saturated heterocycles. The summed E-state index contributed by atoms with van der Waals surface area (Å²) in [6.45, 7) is 6.60. The fraction of sp³-hybridized carbons (Fsp3) is 0.667. The van der Waals surface area contributed by atoms with Crippen molar-refractivity contribution >= 4 is 17.7 Å². The van der Waals surface area contributed by atoms with Crippen molar-refractivity contribution < 1.29 is 9.53 Å². The molecule has 0 N–H and O–H groups in total. The van der Waals surface area contributed by atoms with E-state index in [1.54, 1.807) is 0 Å². The molecule has 4 nitrogen and oxygen atoms in total. The summed E-state index contributed by atoms with van der Waals surface area (Å²) in [7, 11) is 0. The summed E-state index contributed by atoms with van der Waals surface area (Å²) in [5.74, 6) is 2.34. The first-order chi connectivity index (χ1) is 11.0. The molecule has 3 aliphatic rings. The highest BCUT2D eigenvalue weighted by molar-refractivity contribution is 8.01. The van der Waals surface area contributed by atoms with E-state index in [4.69, 9.17) is 4.74 Å². The largest absolute Gasteiger partial charge is 0.371 e. The summed E-state index contributed by atoms with van der Waals surface area (Å²) in [4.78, 5) is 18.8. The van der Waals surface area contributed by atoms with Gasteiger partial charge >= 0.3 is 0 Å². The summed E-state index contributed by atoms with van der Waals surface area (Å²) in [5.41, 5.74) is 2.04. The van der Waals surface area contributed by atoms with E-state index in [1.165, 1.54) is 0 Å². The van der Waals surface area contributed by atoms with Gasteiger partial charge in [0.1, 0.15) is 0 Å². The standard InChI is InChI=1S/C18H24N2O2S/c1-12-6-16(12)17(21)20-10-18(11-20)7-15(9-23-18)22-8-14-5-3-4-13(2)19-14/h3-5,12,15-16H,6-11H2,1-2H3. The minimum atomic E-state index is 0.262. The van der Waals surface area contributed by atoms with E-state index in [0.717, 1.165) is 43.1 Å². The maximum absolute atomic E-state index is 12.2. The normalized spacial score (nSPS) is 31.2. The van der Waals surface area contributed by atoms with E-state index in [9.17, 15) is 4.79 Å². The van der Waals surface area contributed by atoms with Gasteiger partial charge in [0.15, 0.2) is 0 Å². The van der Waals surface area contributed by atoms with Crippen molar-refractivity contribution in [1.29, 1.82) is 0 Å². The number of carbonyl (C=O) groups is 1. The molecule has 1 aromatic rings. The third-order valence-corrected chi connectivity index (χ3v) is 6.86. The van der Waals surface area contributed by atoms with Gasteiger partial charge < -0.3 is 9.64 Å². The zero-order chi connectivity index (χ0) is 16.0. The Kier molecular flexibility index (Phi) is 3.88. The number of nitrogens with zero attached hydrogens (tertiary/aromatic N) is 2. The molecule has 3 fully saturated rings. The highest BCUT2D eigenvalue weighted by Crippen LogP contribution is 2.48. The summed E-state index contributed by atoms with van der Waals surface area (Å²) in [6, 6.07) is 6.05. The number of aromatic nitrogens is 1. The number of ether oxygens (including phenoxy) is 1. The summed E-state index contributed by atoms with van der Waals surface area (Å²) in [5, 5.41) is 0. The fourth-order valence-corrected chi connectivity index (χ4v) is 5.27. The van der Waals surface area contributed by atoms with Gasteiger partial charge in [0, 0.05) is 30.5 Å². The molecule has 5 heteroatoms. The van der Waals surface area contributed by atoms with Crippen LogP contribution < -0.4 is 0 Å². The maximum Gasteiger partial charge on any atom is 0.226 e. The third-order valence-electron chi connectivity index (χ3n) is 5.28. The molecule has 4 rings (SSSR count). The Hall–Kier alpha value is -1.07. The van der Waals surface area contributed by atoms with Gasteiger partial charge in [0.25, 0.3) is 0 Å². The number of likely N-dealkylation sites (tertiary alicyclic amines) is 1. The Bertz CT molecular complexity index is 615. The first-order valence-corrected chi connectivity index (χ1v) is 9.50.